The molecule has 8 heteroatoms. The summed E-state index contributed by atoms with van der Waals surface area (Å²) in [5.41, 5.74) is 1.41. The van der Waals surface area contributed by atoms with Gasteiger partial charge in [-0.15, -0.1) is 5.10 Å². The molecule has 2 aromatic rings. The van der Waals surface area contributed by atoms with Gasteiger partial charge in [0, 0.05) is 18.3 Å². The van der Waals surface area contributed by atoms with Gasteiger partial charge < -0.3 is 10.2 Å². The molecule has 1 aliphatic heterocycles. The maximum absolute atomic E-state index is 12.8. The highest BCUT2D eigenvalue weighted by Crippen LogP contribution is 2.34. The standard InChI is InChI=1S/C18H23ClN6O/c1-12-4-2-3-9-24(12)18(26)15-8-5-13(10-16(15)19)20-11-17-21-22-23-25(17)14-6-7-14/h5,8,10,12,14,20H,2-4,6-7,9,11H2,1H3. The zero-order valence-corrected chi connectivity index (χ0v) is 15.6. The van der Waals surface area contributed by atoms with E-state index < -0.39 is 0 Å². The van der Waals surface area contributed by atoms with Crippen LogP contribution in [0.15, 0.2) is 18.2 Å². The molecule has 0 spiro atoms. The Morgan fingerprint density at radius 1 is 1.31 bits per heavy atom. The molecule has 1 amide bonds. The van der Waals surface area contributed by atoms with Gasteiger partial charge in [-0.2, -0.15) is 0 Å². The molecule has 2 fully saturated rings. The Morgan fingerprint density at radius 2 is 2.15 bits per heavy atom. The molecule has 4 rings (SSSR count). The summed E-state index contributed by atoms with van der Waals surface area (Å²) in [6.07, 6.45) is 5.56. The SMILES string of the molecule is CC1CCCCN1C(=O)c1ccc(NCc2nnnn2C2CC2)cc1Cl. The third-order valence-corrected chi connectivity index (χ3v) is 5.48. The third-order valence-electron chi connectivity index (χ3n) is 5.17. The van der Waals surface area contributed by atoms with E-state index >= 15 is 0 Å². The monoisotopic (exact) mass is 374 g/mol. The molecule has 7 nitrogen and oxygen atoms in total. The fourth-order valence-electron chi connectivity index (χ4n) is 3.47. The molecule has 138 valence electrons. The highest BCUT2D eigenvalue weighted by molar-refractivity contribution is 6.34. The number of rotatable bonds is 5. The van der Waals surface area contributed by atoms with E-state index in [1.807, 2.05) is 15.6 Å². The number of aromatic nitrogens is 4. The number of likely N-dealkylation sites (tertiary alicyclic amines) is 1. The Kier molecular flexibility index (Phi) is 4.80. The Hall–Kier alpha value is -2.15. The second kappa shape index (κ2) is 7.23. The molecule has 2 heterocycles. The number of tetrazole rings is 1. The van der Waals surface area contributed by atoms with E-state index in [2.05, 4.69) is 27.8 Å². The molecule has 2 aliphatic rings. The van der Waals surface area contributed by atoms with Crippen LogP contribution in [0.3, 0.4) is 0 Å². The van der Waals surface area contributed by atoms with Gasteiger partial charge in [-0.05, 0) is 67.7 Å². The molecule has 1 unspecified atom stereocenters. The molecule has 1 aromatic carbocycles. The van der Waals surface area contributed by atoms with E-state index in [1.54, 1.807) is 12.1 Å². The summed E-state index contributed by atoms with van der Waals surface area (Å²) < 4.78 is 1.88. The minimum Gasteiger partial charge on any atom is -0.378 e. The van der Waals surface area contributed by atoms with Crippen LogP contribution in [-0.4, -0.2) is 43.6 Å². The number of nitrogens with one attached hydrogen (secondary N) is 1. The van der Waals surface area contributed by atoms with Gasteiger partial charge in [-0.25, -0.2) is 4.68 Å². The van der Waals surface area contributed by atoms with Crippen LogP contribution in [-0.2, 0) is 6.54 Å². The smallest absolute Gasteiger partial charge is 0.255 e. The second-order valence-corrected chi connectivity index (χ2v) is 7.57. The lowest BCUT2D eigenvalue weighted by molar-refractivity contribution is 0.0636. The highest BCUT2D eigenvalue weighted by atomic mass is 35.5. The molecule has 0 radical (unpaired) electrons. The topological polar surface area (TPSA) is 75.9 Å². The van der Waals surface area contributed by atoms with E-state index in [4.69, 9.17) is 11.6 Å². The summed E-state index contributed by atoms with van der Waals surface area (Å²) >= 11 is 6.41. The van der Waals surface area contributed by atoms with Crippen LogP contribution in [0.1, 0.15) is 61.3 Å². The Bertz CT molecular complexity index is 803. The minimum atomic E-state index is 0.0198. The van der Waals surface area contributed by atoms with Crippen molar-refractivity contribution in [3.8, 4) is 0 Å². The van der Waals surface area contributed by atoms with E-state index in [1.165, 1.54) is 6.42 Å². The molecular formula is C18H23ClN6O. The van der Waals surface area contributed by atoms with Gasteiger partial charge >= 0.3 is 0 Å². The first kappa shape index (κ1) is 17.3. The number of carbonyl (C=O) groups excluding carboxylic acids is 1. The van der Waals surface area contributed by atoms with Crippen molar-refractivity contribution < 1.29 is 4.79 Å². The molecule has 1 saturated heterocycles. The number of piperidine rings is 1. The van der Waals surface area contributed by atoms with Gasteiger partial charge in [-0.1, -0.05) is 11.6 Å². The summed E-state index contributed by atoms with van der Waals surface area (Å²) in [6.45, 7) is 3.43. The second-order valence-electron chi connectivity index (χ2n) is 7.16. The number of amides is 1. The van der Waals surface area contributed by atoms with E-state index in [0.717, 1.165) is 43.7 Å². The number of anilines is 1. The maximum atomic E-state index is 12.8. The van der Waals surface area contributed by atoms with E-state index in [9.17, 15) is 4.79 Å². The van der Waals surface area contributed by atoms with Crippen LogP contribution in [0.25, 0.3) is 0 Å². The summed E-state index contributed by atoms with van der Waals surface area (Å²) in [7, 11) is 0. The minimum absolute atomic E-state index is 0.0198. The summed E-state index contributed by atoms with van der Waals surface area (Å²) in [4.78, 5) is 14.7. The van der Waals surface area contributed by atoms with Crippen LogP contribution in [0.2, 0.25) is 5.02 Å². The van der Waals surface area contributed by atoms with Crippen molar-refractivity contribution in [3.05, 3.63) is 34.6 Å². The molecule has 1 aromatic heterocycles. The molecule has 1 N–H and O–H groups in total. The van der Waals surface area contributed by atoms with Gasteiger partial charge in [-0.3, -0.25) is 4.79 Å². The average molecular weight is 375 g/mol. The summed E-state index contributed by atoms with van der Waals surface area (Å²) in [5, 5.41) is 15.6. The van der Waals surface area contributed by atoms with Crippen molar-refractivity contribution in [1.29, 1.82) is 0 Å². The first-order valence-electron chi connectivity index (χ1n) is 9.24. The normalized spacial score (nSPS) is 20.2. The van der Waals surface area contributed by atoms with Gasteiger partial charge in [0.2, 0.25) is 0 Å². The van der Waals surface area contributed by atoms with E-state index in [0.29, 0.717) is 23.2 Å². The lowest BCUT2D eigenvalue weighted by atomic mass is 10.0. The van der Waals surface area contributed by atoms with Crippen LogP contribution >= 0.6 is 11.6 Å². The molecule has 1 saturated carbocycles. The summed E-state index contributed by atoms with van der Waals surface area (Å²) in [5.74, 6) is 0.831. The largest absolute Gasteiger partial charge is 0.378 e. The Balaban J connectivity index is 1.43. The number of nitrogens with zero attached hydrogens (tertiary/aromatic N) is 5. The van der Waals surface area contributed by atoms with Gasteiger partial charge in [0.25, 0.3) is 5.91 Å². The van der Waals surface area contributed by atoms with Crippen LogP contribution < -0.4 is 5.32 Å². The van der Waals surface area contributed by atoms with Crippen molar-refractivity contribution in [2.75, 3.05) is 11.9 Å². The lowest BCUT2D eigenvalue weighted by Crippen LogP contribution is -2.42. The first-order chi connectivity index (χ1) is 12.6. The fourth-order valence-corrected chi connectivity index (χ4v) is 3.73. The number of carbonyl (C=O) groups is 1. The quantitative estimate of drug-likeness (QED) is 0.869. The predicted octanol–water partition coefficient (Wildman–Crippen LogP) is 3.29. The molecule has 0 bridgehead atoms. The van der Waals surface area contributed by atoms with Crippen molar-refractivity contribution in [2.45, 2.75) is 57.7 Å². The number of hydrogen-bond acceptors (Lipinski definition) is 5. The van der Waals surface area contributed by atoms with Crippen molar-refractivity contribution >= 4 is 23.2 Å². The molecular weight excluding hydrogens is 352 g/mol. The predicted molar refractivity (Wildman–Crippen MR) is 99.2 cm³/mol. The lowest BCUT2D eigenvalue weighted by Gasteiger charge is -2.33. The highest BCUT2D eigenvalue weighted by Gasteiger charge is 2.28. The molecule has 1 atom stereocenters. The zero-order valence-electron chi connectivity index (χ0n) is 14.9. The van der Waals surface area contributed by atoms with Crippen LogP contribution in [0.5, 0.6) is 0 Å². The van der Waals surface area contributed by atoms with Gasteiger partial charge in [0.15, 0.2) is 5.82 Å². The van der Waals surface area contributed by atoms with Gasteiger partial charge in [0.05, 0.1) is 23.2 Å². The molecule has 26 heavy (non-hydrogen) atoms. The first-order valence-corrected chi connectivity index (χ1v) is 9.62. The zero-order chi connectivity index (χ0) is 18.1. The third kappa shape index (κ3) is 3.53. The van der Waals surface area contributed by atoms with Crippen LogP contribution in [0, 0.1) is 0 Å². The average Bonchev–Trinajstić information content (AvgIpc) is 3.38. The number of halogens is 1. The number of benzene rings is 1. The number of hydrogen-bond donors (Lipinski definition) is 1. The van der Waals surface area contributed by atoms with Crippen molar-refractivity contribution in [3.63, 3.8) is 0 Å². The van der Waals surface area contributed by atoms with Crippen molar-refractivity contribution in [2.24, 2.45) is 0 Å². The van der Waals surface area contributed by atoms with Crippen LogP contribution in [0.4, 0.5) is 5.69 Å². The Morgan fingerprint density at radius 3 is 2.88 bits per heavy atom. The summed E-state index contributed by atoms with van der Waals surface area (Å²) in [6, 6.07) is 6.20. The Labute approximate surface area is 157 Å². The van der Waals surface area contributed by atoms with E-state index in [-0.39, 0.29) is 11.9 Å². The maximum Gasteiger partial charge on any atom is 0.255 e. The van der Waals surface area contributed by atoms with Crippen molar-refractivity contribution in [1.82, 2.24) is 25.1 Å². The fraction of sp³-hybridized carbons (Fsp3) is 0.556. The molecule has 1 aliphatic carbocycles. The van der Waals surface area contributed by atoms with Gasteiger partial charge in [0.1, 0.15) is 0 Å².